The molecule has 0 saturated heterocycles. The predicted octanol–water partition coefficient (Wildman–Crippen LogP) is 3.62. The Balaban J connectivity index is 1.34. The number of anilines is 1. The largest absolute Gasteiger partial charge is 0.479 e. The van der Waals surface area contributed by atoms with Gasteiger partial charge < -0.3 is 20.3 Å². The van der Waals surface area contributed by atoms with Crippen LogP contribution in [0, 0.1) is 0 Å². The number of rotatable bonds is 8. The van der Waals surface area contributed by atoms with Crippen LogP contribution in [0.4, 0.5) is 10.5 Å². The Bertz CT molecular complexity index is 1240. The van der Waals surface area contributed by atoms with Gasteiger partial charge in [0.15, 0.2) is 6.10 Å². The zero-order chi connectivity index (χ0) is 24.8. The first-order chi connectivity index (χ1) is 16.9. The van der Waals surface area contributed by atoms with E-state index >= 15 is 0 Å². The topological polar surface area (TPSA) is 125 Å². The van der Waals surface area contributed by atoms with Crippen molar-refractivity contribution in [1.82, 2.24) is 5.32 Å². The third-order valence-electron chi connectivity index (χ3n) is 5.66. The van der Waals surface area contributed by atoms with E-state index in [4.69, 9.17) is 9.84 Å². The molecule has 0 aliphatic heterocycles. The van der Waals surface area contributed by atoms with Crippen LogP contribution in [-0.4, -0.2) is 47.4 Å². The number of ether oxygens (including phenoxy) is 1. The van der Waals surface area contributed by atoms with Crippen LogP contribution in [0.5, 0.6) is 0 Å². The molecule has 178 valence electrons. The second-order valence-electron chi connectivity index (χ2n) is 8.01. The van der Waals surface area contributed by atoms with Crippen molar-refractivity contribution in [3.8, 4) is 11.1 Å². The molecule has 0 heterocycles. The quantitative estimate of drug-likeness (QED) is 0.371. The molecule has 4 rings (SSSR count). The number of benzene rings is 3. The van der Waals surface area contributed by atoms with Crippen molar-refractivity contribution >= 4 is 29.7 Å². The first-order valence-corrected chi connectivity index (χ1v) is 11.0. The first kappa shape index (κ1) is 23.7. The van der Waals surface area contributed by atoms with Gasteiger partial charge in [0.2, 0.25) is 5.91 Å². The van der Waals surface area contributed by atoms with Gasteiger partial charge in [-0.05, 0) is 46.0 Å². The molecule has 0 bridgehead atoms. The lowest BCUT2D eigenvalue weighted by Crippen LogP contribution is -2.35. The summed E-state index contributed by atoms with van der Waals surface area (Å²) in [6.45, 7) is -0.205. The number of carbonyl (C=O) groups excluding carboxylic acids is 2. The van der Waals surface area contributed by atoms with Gasteiger partial charge in [-0.1, -0.05) is 60.7 Å². The molecule has 1 aliphatic rings. The molecule has 1 unspecified atom stereocenters. The number of amides is 2. The predicted molar refractivity (Wildman–Crippen MR) is 131 cm³/mol. The Morgan fingerprint density at radius 1 is 0.943 bits per heavy atom. The Labute approximate surface area is 201 Å². The van der Waals surface area contributed by atoms with Crippen LogP contribution in [0.15, 0.2) is 78.9 Å². The highest BCUT2D eigenvalue weighted by atomic mass is 16.5. The Hall–Kier alpha value is -4.43. The van der Waals surface area contributed by atoms with Crippen molar-refractivity contribution in [2.24, 2.45) is 0 Å². The zero-order valence-electron chi connectivity index (χ0n) is 18.7. The Kier molecular flexibility index (Phi) is 7.23. The number of aliphatic hydroxyl groups is 1. The van der Waals surface area contributed by atoms with Gasteiger partial charge in [-0.3, -0.25) is 10.1 Å². The highest BCUT2D eigenvalue weighted by Gasteiger charge is 2.29. The van der Waals surface area contributed by atoms with Gasteiger partial charge in [0, 0.05) is 17.7 Å². The minimum atomic E-state index is -1.67. The summed E-state index contributed by atoms with van der Waals surface area (Å²) in [5.41, 5.74) is 5.68. The fraction of sp³-hybridized carbons (Fsp3) is 0.148. The van der Waals surface area contributed by atoms with E-state index in [9.17, 15) is 19.5 Å². The molecule has 0 fully saturated rings. The van der Waals surface area contributed by atoms with E-state index in [1.54, 1.807) is 24.3 Å². The van der Waals surface area contributed by atoms with Gasteiger partial charge in [0.1, 0.15) is 6.61 Å². The van der Waals surface area contributed by atoms with Crippen LogP contribution >= 0.6 is 0 Å². The lowest BCUT2D eigenvalue weighted by atomic mass is 9.98. The van der Waals surface area contributed by atoms with E-state index in [1.165, 1.54) is 12.2 Å². The Morgan fingerprint density at radius 3 is 2.26 bits per heavy atom. The molecule has 0 aromatic heterocycles. The van der Waals surface area contributed by atoms with Gasteiger partial charge in [0.05, 0.1) is 6.54 Å². The molecule has 0 radical (unpaired) electrons. The molecule has 8 heteroatoms. The van der Waals surface area contributed by atoms with Crippen LogP contribution < -0.4 is 10.6 Å². The minimum Gasteiger partial charge on any atom is -0.479 e. The van der Waals surface area contributed by atoms with E-state index in [1.807, 2.05) is 24.3 Å². The molecule has 3 aromatic carbocycles. The maximum absolute atomic E-state index is 12.5. The number of nitrogens with one attached hydrogen (secondary N) is 2. The standard InChI is InChI=1S/C27H24N2O6/c30-24(26(32)33)15-28-25(31)13-12-17-6-5-7-18(14-17)29-27(34)35-16-23-21-10-3-1-8-19(21)20-9-2-4-11-22(20)23/h1-14,23-24,30H,15-16H2,(H,28,31)(H,29,34)(H,32,33)/b13-12+. The molecular formula is C27H24N2O6. The smallest absolute Gasteiger partial charge is 0.411 e. The first-order valence-electron chi connectivity index (χ1n) is 11.0. The second-order valence-corrected chi connectivity index (χ2v) is 8.01. The van der Waals surface area contributed by atoms with Crippen LogP contribution in [0.2, 0.25) is 0 Å². The average Bonchev–Trinajstić information content (AvgIpc) is 3.18. The summed E-state index contributed by atoms with van der Waals surface area (Å²) in [5.74, 6) is -2.01. The molecule has 2 amide bonds. The number of hydrogen-bond donors (Lipinski definition) is 4. The third kappa shape index (κ3) is 5.74. The van der Waals surface area contributed by atoms with E-state index in [-0.39, 0.29) is 12.5 Å². The molecule has 3 aromatic rings. The van der Waals surface area contributed by atoms with Crippen molar-refractivity contribution in [2.75, 3.05) is 18.5 Å². The second kappa shape index (κ2) is 10.7. The summed E-state index contributed by atoms with van der Waals surface area (Å²) < 4.78 is 5.55. The van der Waals surface area contributed by atoms with Gasteiger partial charge in [0.25, 0.3) is 0 Å². The monoisotopic (exact) mass is 472 g/mol. The SMILES string of the molecule is O=C(/C=C/c1cccc(NC(=O)OCC2c3ccccc3-c3ccccc32)c1)NCC(O)C(=O)O. The lowest BCUT2D eigenvalue weighted by Gasteiger charge is -2.14. The maximum atomic E-state index is 12.5. The van der Waals surface area contributed by atoms with Crippen molar-refractivity contribution in [2.45, 2.75) is 12.0 Å². The molecule has 35 heavy (non-hydrogen) atoms. The van der Waals surface area contributed by atoms with Crippen LogP contribution in [0.3, 0.4) is 0 Å². The summed E-state index contributed by atoms with van der Waals surface area (Å²) in [4.78, 5) is 34.9. The number of aliphatic hydroxyl groups excluding tert-OH is 1. The summed E-state index contributed by atoms with van der Waals surface area (Å²) in [6.07, 6.45) is 0.456. The molecule has 1 aliphatic carbocycles. The fourth-order valence-corrected chi connectivity index (χ4v) is 3.99. The summed E-state index contributed by atoms with van der Waals surface area (Å²) in [5, 5.41) is 22.8. The van der Waals surface area contributed by atoms with Crippen molar-refractivity contribution < 1.29 is 29.3 Å². The Morgan fingerprint density at radius 2 is 1.60 bits per heavy atom. The summed E-state index contributed by atoms with van der Waals surface area (Å²) >= 11 is 0. The number of fused-ring (bicyclic) bond motifs is 3. The van der Waals surface area contributed by atoms with E-state index in [0.29, 0.717) is 11.3 Å². The number of carboxylic acid groups (broad SMARTS) is 1. The van der Waals surface area contributed by atoms with Crippen molar-refractivity contribution in [3.63, 3.8) is 0 Å². The molecule has 0 spiro atoms. The number of carbonyl (C=O) groups is 3. The fourth-order valence-electron chi connectivity index (χ4n) is 3.99. The van der Waals surface area contributed by atoms with Gasteiger partial charge in [-0.25, -0.2) is 9.59 Å². The molecule has 4 N–H and O–H groups in total. The molecule has 1 atom stereocenters. The molecule has 8 nitrogen and oxygen atoms in total. The van der Waals surface area contributed by atoms with Gasteiger partial charge >= 0.3 is 12.1 Å². The normalized spacial score (nSPS) is 13.1. The van der Waals surface area contributed by atoms with Crippen molar-refractivity contribution in [3.05, 3.63) is 95.6 Å². The lowest BCUT2D eigenvalue weighted by molar-refractivity contribution is -0.146. The van der Waals surface area contributed by atoms with Crippen LogP contribution in [0.25, 0.3) is 17.2 Å². The maximum Gasteiger partial charge on any atom is 0.411 e. The van der Waals surface area contributed by atoms with E-state index in [0.717, 1.165) is 22.3 Å². The number of carboxylic acids is 1. The minimum absolute atomic E-state index is 0.0411. The van der Waals surface area contributed by atoms with Crippen molar-refractivity contribution in [1.29, 1.82) is 0 Å². The number of aliphatic carboxylic acids is 1. The summed E-state index contributed by atoms with van der Waals surface area (Å²) in [6, 6.07) is 23.0. The highest BCUT2D eigenvalue weighted by Crippen LogP contribution is 2.44. The summed E-state index contributed by atoms with van der Waals surface area (Å²) in [7, 11) is 0. The van der Waals surface area contributed by atoms with E-state index in [2.05, 4.69) is 34.9 Å². The number of hydrogen-bond acceptors (Lipinski definition) is 5. The van der Waals surface area contributed by atoms with Gasteiger partial charge in [-0.2, -0.15) is 0 Å². The molecule has 0 saturated carbocycles. The van der Waals surface area contributed by atoms with Crippen LogP contribution in [-0.2, 0) is 14.3 Å². The van der Waals surface area contributed by atoms with Gasteiger partial charge in [-0.15, -0.1) is 0 Å². The zero-order valence-corrected chi connectivity index (χ0v) is 18.7. The molecular weight excluding hydrogens is 448 g/mol. The highest BCUT2D eigenvalue weighted by molar-refractivity contribution is 5.92. The average molecular weight is 472 g/mol. The van der Waals surface area contributed by atoms with E-state index < -0.39 is 30.6 Å². The van der Waals surface area contributed by atoms with Crippen LogP contribution in [0.1, 0.15) is 22.6 Å². The third-order valence-corrected chi connectivity index (χ3v) is 5.66.